The molecule has 2 aromatic heterocycles. The van der Waals surface area contributed by atoms with Gasteiger partial charge in [0, 0.05) is 37.8 Å². The van der Waals surface area contributed by atoms with Gasteiger partial charge in [-0.05, 0) is 23.8 Å². The van der Waals surface area contributed by atoms with Crippen LogP contribution in [0.1, 0.15) is 27.8 Å². The molecule has 8 heteroatoms. The Morgan fingerprint density at radius 3 is 2.25 bits per heavy atom. The summed E-state index contributed by atoms with van der Waals surface area (Å²) in [6.45, 7) is 0. The Bertz CT molecular complexity index is 931. The highest BCUT2D eigenvalue weighted by atomic mass is 16.5. The zero-order valence-corrected chi connectivity index (χ0v) is 16.2. The summed E-state index contributed by atoms with van der Waals surface area (Å²) in [5, 5.41) is 3.02. The van der Waals surface area contributed by atoms with Crippen molar-refractivity contribution in [3.8, 4) is 17.4 Å². The van der Waals surface area contributed by atoms with Gasteiger partial charge in [0.1, 0.15) is 23.4 Å². The molecule has 0 aliphatic rings. The molecule has 1 unspecified atom stereocenters. The Morgan fingerprint density at radius 1 is 1.04 bits per heavy atom. The third kappa shape index (κ3) is 4.06. The lowest BCUT2D eigenvalue weighted by molar-refractivity contribution is 0.0940. The molecule has 1 atom stereocenters. The van der Waals surface area contributed by atoms with Crippen molar-refractivity contribution < 1.29 is 19.0 Å². The minimum atomic E-state index is -0.515. The second-order valence-electron chi connectivity index (χ2n) is 6.04. The summed E-state index contributed by atoms with van der Waals surface area (Å²) < 4.78 is 17.6. The van der Waals surface area contributed by atoms with Crippen LogP contribution in [-0.4, -0.2) is 41.8 Å². The quantitative estimate of drug-likeness (QED) is 0.675. The number of aromatic nitrogens is 3. The first-order chi connectivity index (χ1) is 13.5. The molecule has 0 fully saturated rings. The van der Waals surface area contributed by atoms with Crippen molar-refractivity contribution in [1.82, 2.24) is 19.9 Å². The summed E-state index contributed by atoms with van der Waals surface area (Å²) in [7, 11) is 6.55. The fourth-order valence-electron chi connectivity index (χ4n) is 2.80. The average molecular weight is 382 g/mol. The standard InChI is InChI=1S/C20H22N4O4/c1-24-8-7-21-19(24)18(14-9-15(26-2)11-16(10-14)27-3)23-20(25)13-5-6-17(28-4)22-12-13/h5-12,18H,1-4H3,(H,23,25). The predicted octanol–water partition coefficient (Wildman–Crippen LogP) is 2.36. The molecule has 1 aromatic carbocycles. The lowest BCUT2D eigenvalue weighted by atomic mass is 10.0. The van der Waals surface area contributed by atoms with Crippen LogP contribution in [0.5, 0.6) is 17.4 Å². The zero-order valence-electron chi connectivity index (χ0n) is 16.2. The number of benzene rings is 1. The minimum absolute atomic E-state index is 0.287. The highest BCUT2D eigenvalue weighted by molar-refractivity contribution is 5.94. The maximum absolute atomic E-state index is 12.9. The Hall–Kier alpha value is -3.55. The second-order valence-corrected chi connectivity index (χ2v) is 6.04. The van der Waals surface area contributed by atoms with Gasteiger partial charge in [0.2, 0.25) is 5.88 Å². The fraction of sp³-hybridized carbons (Fsp3) is 0.250. The molecule has 0 aliphatic heterocycles. The minimum Gasteiger partial charge on any atom is -0.497 e. The smallest absolute Gasteiger partial charge is 0.253 e. The predicted molar refractivity (Wildman–Crippen MR) is 103 cm³/mol. The maximum Gasteiger partial charge on any atom is 0.253 e. The molecule has 8 nitrogen and oxygen atoms in total. The van der Waals surface area contributed by atoms with Crippen LogP contribution in [0.15, 0.2) is 48.9 Å². The summed E-state index contributed by atoms with van der Waals surface area (Å²) in [5.74, 6) is 2.06. The molecule has 0 spiro atoms. The Balaban J connectivity index is 1.98. The van der Waals surface area contributed by atoms with E-state index in [1.54, 1.807) is 38.6 Å². The van der Waals surface area contributed by atoms with Crippen molar-refractivity contribution in [3.63, 3.8) is 0 Å². The Morgan fingerprint density at radius 2 is 1.75 bits per heavy atom. The van der Waals surface area contributed by atoms with Crippen LogP contribution in [0.3, 0.4) is 0 Å². The summed E-state index contributed by atoms with van der Waals surface area (Å²) in [5.41, 5.74) is 1.19. The van der Waals surface area contributed by atoms with Gasteiger partial charge in [0.15, 0.2) is 0 Å². The molecule has 0 bridgehead atoms. The van der Waals surface area contributed by atoms with Crippen molar-refractivity contribution in [2.45, 2.75) is 6.04 Å². The first kappa shape index (κ1) is 19.2. The van der Waals surface area contributed by atoms with Crippen LogP contribution in [0.2, 0.25) is 0 Å². The van der Waals surface area contributed by atoms with Crippen molar-refractivity contribution >= 4 is 5.91 Å². The van der Waals surface area contributed by atoms with E-state index in [1.807, 2.05) is 29.9 Å². The SMILES string of the molecule is COc1cc(OC)cc(C(NC(=O)c2ccc(OC)nc2)c2nccn2C)c1. The molecule has 3 aromatic rings. The van der Waals surface area contributed by atoms with E-state index < -0.39 is 6.04 Å². The molecule has 1 amide bonds. The molecule has 2 heterocycles. The van der Waals surface area contributed by atoms with Gasteiger partial charge in [-0.15, -0.1) is 0 Å². The monoisotopic (exact) mass is 382 g/mol. The van der Waals surface area contributed by atoms with E-state index in [1.165, 1.54) is 13.3 Å². The number of hydrogen-bond donors (Lipinski definition) is 1. The van der Waals surface area contributed by atoms with Gasteiger partial charge < -0.3 is 24.1 Å². The van der Waals surface area contributed by atoms with Gasteiger partial charge in [-0.25, -0.2) is 9.97 Å². The van der Waals surface area contributed by atoms with Crippen LogP contribution in [0, 0.1) is 0 Å². The van der Waals surface area contributed by atoms with Gasteiger partial charge in [-0.3, -0.25) is 4.79 Å². The van der Waals surface area contributed by atoms with E-state index in [2.05, 4.69) is 15.3 Å². The lowest BCUT2D eigenvalue weighted by Crippen LogP contribution is -2.31. The number of imidazole rings is 1. The molecule has 0 saturated carbocycles. The molecule has 0 aliphatic carbocycles. The number of ether oxygens (including phenoxy) is 3. The molecule has 28 heavy (non-hydrogen) atoms. The van der Waals surface area contributed by atoms with E-state index in [4.69, 9.17) is 14.2 Å². The Kier molecular flexibility index (Phi) is 5.78. The number of rotatable bonds is 7. The summed E-state index contributed by atoms with van der Waals surface area (Å²) in [6, 6.07) is 8.23. The van der Waals surface area contributed by atoms with Crippen molar-refractivity contribution in [2.75, 3.05) is 21.3 Å². The highest BCUT2D eigenvalue weighted by Gasteiger charge is 2.23. The lowest BCUT2D eigenvalue weighted by Gasteiger charge is -2.20. The van der Waals surface area contributed by atoms with Crippen LogP contribution in [0.4, 0.5) is 0 Å². The number of pyridine rings is 1. The van der Waals surface area contributed by atoms with Crippen LogP contribution in [-0.2, 0) is 7.05 Å². The van der Waals surface area contributed by atoms with E-state index in [-0.39, 0.29) is 5.91 Å². The summed E-state index contributed by atoms with van der Waals surface area (Å²) in [6.07, 6.45) is 4.97. The molecule has 3 rings (SSSR count). The van der Waals surface area contributed by atoms with E-state index in [0.29, 0.717) is 28.8 Å². The van der Waals surface area contributed by atoms with Crippen molar-refractivity contribution in [1.29, 1.82) is 0 Å². The van der Waals surface area contributed by atoms with E-state index in [0.717, 1.165) is 5.56 Å². The number of carbonyl (C=O) groups excluding carboxylic acids is 1. The summed E-state index contributed by atoms with van der Waals surface area (Å²) in [4.78, 5) is 21.4. The molecular formula is C20H22N4O4. The third-order valence-corrected chi connectivity index (χ3v) is 4.31. The second kappa shape index (κ2) is 8.43. The number of methoxy groups -OCH3 is 3. The molecule has 1 N–H and O–H groups in total. The normalized spacial score (nSPS) is 11.6. The number of amides is 1. The van der Waals surface area contributed by atoms with Gasteiger partial charge in [-0.2, -0.15) is 0 Å². The maximum atomic E-state index is 12.9. The van der Waals surface area contributed by atoms with Gasteiger partial charge >= 0.3 is 0 Å². The van der Waals surface area contributed by atoms with Crippen LogP contribution in [0.25, 0.3) is 0 Å². The van der Waals surface area contributed by atoms with Gasteiger partial charge in [-0.1, -0.05) is 0 Å². The largest absolute Gasteiger partial charge is 0.497 e. The average Bonchev–Trinajstić information content (AvgIpc) is 3.16. The highest BCUT2D eigenvalue weighted by Crippen LogP contribution is 2.29. The number of carbonyl (C=O) groups is 1. The van der Waals surface area contributed by atoms with Crippen molar-refractivity contribution in [3.05, 3.63) is 65.9 Å². The fourth-order valence-corrected chi connectivity index (χ4v) is 2.80. The Labute approximate surface area is 163 Å². The van der Waals surface area contributed by atoms with Crippen LogP contribution < -0.4 is 19.5 Å². The van der Waals surface area contributed by atoms with Gasteiger partial charge in [0.25, 0.3) is 5.91 Å². The number of nitrogens with zero attached hydrogens (tertiary/aromatic N) is 3. The molecule has 146 valence electrons. The van der Waals surface area contributed by atoms with E-state index >= 15 is 0 Å². The molecule has 0 saturated heterocycles. The van der Waals surface area contributed by atoms with E-state index in [9.17, 15) is 4.79 Å². The van der Waals surface area contributed by atoms with Crippen LogP contribution >= 0.6 is 0 Å². The topological polar surface area (TPSA) is 87.5 Å². The number of aryl methyl sites for hydroxylation is 1. The zero-order chi connectivity index (χ0) is 20.1. The molecular weight excluding hydrogens is 360 g/mol. The van der Waals surface area contributed by atoms with Gasteiger partial charge in [0.05, 0.1) is 26.9 Å². The first-order valence-electron chi connectivity index (χ1n) is 8.56. The number of hydrogen-bond acceptors (Lipinski definition) is 6. The first-order valence-corrected chi connectivity index (χ1v) is 8.56. The van der Waals surface area contributed by atoms with Crippen molar-refractivity contribution in [2.24, 2.45) is 7.05 Å². The summed E-state index contributed by atoms with van der Waals surface area (Å²) >= 11 is 0. The molecule has 0 radical (unpaired) electrons. The third-order valence-electron chi connectivity index (χ3n) is 4.31. The number of nitrogens with one attached hydrogen (secondary N) is 1.